The van der Waals surface area contributed by atoms with E-state index in [0.29, 0.717) is 12.8 Å². The van der Waals surface area contributed by atoms with Gasteiger partial charge in [-0.2, -0.15) is 11.3 Å². The Morgan fingerprint density at radius 2 is 2.10 bits per heavy atom. The Balaban J connectivity index is 1.76. The number of carboxylic acid groups (broad SMARTS) is 1. The molecule has 1 N–H and O–H groups in total. The minimum Gasteiger partial charge on any atom is -0.481 e. The van der Waals surface area contributed by atoms with Gasteiger partial charge in [0.05, 0.1) is 0 Å². The van der Waals surface area contributed by atoms with Gasteiger partial charge in [0.25, 0.3) is 0 Å². The summed E-state index contributed by atoms with van der Waals surface area (Å²) in [5.74, 6) is -1.51. The second-order valence-electron chi connectivity index (χ2n) is 5.09. The van der Waals surface area contributed by atoms with Crippen LogP contribution in [0.2, 0.25) is 0 Å². The van der Waals surface area contributed by atoms with Crippen molar-refractivity contribution in [2.24, 2.45) is 0 Å². The molecule has 0 radical (unpaired) electrons. The molecule has 1 aliphatic rings. The topological polar surface area (TPSA) is 57.6 Å². The molecule has 4 nitrogen and oxygen atoms in total. The van der Waals surface area contributed by atoms with Gasteiger partial charge in [-0.25, -0.2) is 0 Å². The number of aliphatic carboxylic acids is 1. The van der Waals surface area contributed by atoms with Crippen LogP contribution in [-0.2, 0) is 16.0 Å². The maximum atomic E-state index is 12.4. The third-order valence-electron chi connectivity index (χ3n) is 3.77. The molecule has 1 aromatic heterocycles. The summed E-state index contributed by atoms with van der Waals surface area (Å²) in [7, 11) is 0. The summed E-state index contributed by atoms with van der Waals surface area (Å²) < 4.78 is 0. The number of carbonyl (C=O) groups is 2. The van der Waals surface area contributed by atoms with Crippen LogP contribution >= 0.6 is 11.3 Å². The van der Waals surface area contributed by atoms with Gasteiger partial charge >= 0.3 is 5.97 Å². The predicted molar refractivity (Wildman–Crippen MR) is 81.8 cm³/mol. The highest BCUT2D eigenvalue weighted by molar-refractivity contribution is 7.07. The smallest absolute Gasteiger partial charge is 0.312 e. The quantitative estimate of drug-likeness (QED) is 0.944. The summed E-state index contributed by atoms with van der Waals surface area (Å²) in [4.78, 5) is 25.4. The summed E-state index contributed by atoms with van der Waals surface area (Å²) >= 11 is 1.61. The van der Waals surface area contributed by atoms with E-state index in [1.807, 2.05) is 35.0 Å². The first-order chi connectivity index (χ1) is 10.2. The van der Waals surface area contributed by atoms with Crippen molar-refractivity contribution < 1.29 is 14.7 Å². The first-order valence-corrected chi connectivity index (χ1v) is 7.74. The number of para-hydroxylation sites is 1. The molecule has 0 spiro atoms. The number of carbonyl (C=O) groups excluding carboxylic acids is 1. The molecule has 5 heteroatoms. The number of hydrogen-bond acceptors (Lipinski definition) is 3. The molecule has 1 amide bonds. The highest BCUT2D eigenvalue weighted by Crippen LogP contribution is 2.36. The molecule has 21 heavy (non-hydrogen) atoms. The number of rotatable bonds is 4. The fourth-order valence-corrected chi connectivity index (χ4v) is 3.38. The fraction of sp³-hybridized carbons (Fsp3) is 0.250. The highest BCUT2D eigenvalue weighted by atomic mass is 32.1. The summed E-state index contributed by atoms with van der Waals surface area (Å²) in [5, 5.41) is 13.3. The molecule has 0 bridgehead atoms. The Labute approximate surface area is 126 Å². The van der Waals surface area contributed by atoms with Crippen LogP contribution in [0.3, 0.4) is 0 Å². The van der Waals surface area contributed by atoms with Crippen LogP contribution in [0.15, 0.2) is 41.1 Å². The second kappa shape index (κ2) is 5.69. The van der Waals surface area contributed by atoms with Crippen LogP contribution in [0.25, 0.3) is 0 Å². The van der Waals surface area contributed by atoms with Gasteiger partial charge in [0.2, 0.25) is 5.91 Å². The van der Waals surface area contributed by atoms with Gasteiger partial charge < -0.3 is 10.0 Å². The van der Waals surface area contributed by atoms with E-state index in [2.05, 4.69) is 0 Å². The van der Waals surface area contributed by atoms with Gasteiger partial charge in [0.15, 0.2) is 0 Å². The number of amides is 1. The van der Waals surface area contributed by atoms with E-state index in [4.69, 9.17) is 0 Å². The Bertz CT molecular complexity index is 666. The molecule has 1 aliphatic heterocycles. The monoisotopic (exact) mass is 301 g/mol. The van der Waals surface area contributed by atoms with Crippen LogP contribution in [0.5, 0.6) is 0 Å². The van der Waals surface area contributed by atoms with Gasteiger partial charge in [0.1, 0.15) is 5.92 Å². The lowest BCUT2D eigenvalue weighted by molar-refractivity contribution is -0.138. The standard InChI is InChI=1S/C16H15NO3S/c18-15(6-5-11-7-8-21-10-11)17-9-13(16(19)20)12-3-1-2-4-14(12)17/h1-4,7-8,10,13H,5-6,9H2,(H,19,20)/t13-/m1/s1. The van der Waals surface area contributed by atoms with Gasteiger partial charge in [-0.3, -0.25) is 9.59 Å². The van der Waals surface area contributed by atoms with Gasteiger partial charge in [-0.15, -0.1) is 0 Å². The van der Waals surface area contributed by atoms with Crippen molar-refractivity contribution in [2.45, 2.75) is 18.8 Å². The predicted octanol–water partition coefficient (Wildman–Crippen LogP) is 2.90. The molecule has 0 fully saturated rings. The van der Waals surface area contributed by atoms with Crippen LogP contribution in [0, 0.1) is 0 Å². The third kappa shape index (κ3) is 2.69. The fourth-order valence-electron chi connectivity index (χ4n) is 2.68. The number of benzene rings is 1. The summed E-state index contributed by atoms with van der Waals surface area (Å²) in [6.45, 7) is 0.233. The summed E-state index contributed by atoms with van der Waals surface area (Å²) in [5.41, 5.74) is 2.62. The molecule has 1 aromatic carbocycles. The zero-order valence-electron chi connectivity index (χ0n) is 11.4. The van der Waals surface area contributed by atoms with E-state index in [-0.39, 0.29) is 12.5 Å². The number of carboxylic acids is 1. The van der Waals surface area contributed by atoms with Crippen molar-refractivity contribution in [2.75, 3.05) is 11.4 Å². The van der Waals surface area contributed by atoms with E-state index in [9.17, 15) is 14.7 Å². The molecule has 0 saturated carbocycles. The van der Waals surface area contributed by atoms with Crippen molar-refractivity contribution in [3.8, 4) is 0 Å². The number of fused-ring (bicyclic) bond motifs is 1. The number of thiophene rings is 1. The normalized spacial score (nSPS) is 16.8. The van der Waals surface area contributed by atoms with E-state index >= 15 is 0 Å². The number of hydrogen-bond donors (Lipinski definition) is 1. The number of aryl methyl sites for hydroxylation is 1. The van der Waals surface area contributed by atoms with E-state index in [1.54, 1.807) is 22.3 Å². The maximum absolute atomic E-state index is 12.4. The minimum atomic E-state index is -0.879. The molecule has 1 atom stereocenters. The minimum absolute atomic E-state index is 0.0163. The van der Waals surface area contributed by atoms with E-state index in [0.717, 1.165) is 16.8 Å². The van der Waals surface area contributed by atoms with Crippen molar-refractivity contribution in [3.05, 3.63) is 52.2 Å². The highest BCUT2D eigenvalue weighted by Gasteiger charge is 2.35. The Hall–Kier alpha value is -2.14. The first kappa shape index (κ1) is 13.8. The van der Waals surface area contributed by atoms with Crippen LogP contribution in [0.1, 0.15) is 23.5 Å². The lowest BCUT2D eigenvalue weighted by Gasteiger charge is -2.17. The molecule has 3 rings (SSSR count). The molecular weight excluding hydrogens is 286 g/mol. The molecular formula is C16H15NO3S. The summed E-state index contributed by atoms with van der Waals surface area (Å²) in [6, 6.07) is 9.27. The SMILES string of the molecule is O=C(O)[C@@H]1CN(C(=O)CCc2ccsc2)c2ccccc21. The molecule has 0 aliphatic carbocycles. The maximum Gasteiger partial charge on any atom is 0.312 e. The molecule has 0 saturated heterocycles. The number of nitrogens with zero attached hydrogens (tertiary/aromatic N) is 1. The second-order valence-corrected chi connectivity index (χ2v) is 5.87. The largest absolute Gasteiger partial charge is 0.481 e. The van der Waals surface area contributed by atoms with Gasteiger partial charge in [-0.1, -0.05) is 18.2 Å². The third-order valence-corrected chi connectivity index (χ3v) is 4.51. The van der Waals surface area contributed by atoms with E-state index < -0.39 is 11.9 Å². The first-order valence-electron chi connectivity index (χ1n) is 6.80. The lowest BCUT2D eigenvalue weighted by atomic mass is 10.0. The van der Waals surface area contributed by atoms with Crippen LogP contribution in [0.4, 0.5) is 5.69 Å². The zero-order valence-corrected chi connectivity index (χ0v) is 12.2. The Morgan fingerprint density at radius 1 is 1.29 bits per heavy atom. The molecule has 2 heterocycles. The Kier molecular flexibility index (Phi) is 3.75. The molecule has 2 aromatic rings. The molecule has 0 unspecified atom stereocenters. The van der Waals surface area contributed by atoms with E-state index in [1.165, 1.54) is 0 Å². The van der Waals surface area contributed by atoms with Crippen LogP contribution < -0.4 is 4.90 Å². The van der Waals surface area contributed by atoms with Crippen molar-refractivity contribution in [3.63, 3.8) is 0 Å². The number of anilines is 1. The molecule has 108 valence electrons. The van der Waals surface area contributed by atoms with Gasteiger partial charge in [-0.05, 0) is 40.4 Å². The van der Waals surface area contributed by atoms with Gasteiger partial charge in [0, 0.05) is 18.7 Å². The van der Waals surface area contributed by atoms with Crippen molar-refractivity contribution in [1.29, 1.82) is 0 Å². The zero-order chi connectivity index (χ0) is 14.8. The van der Waals surface area contributed by atoms with Crippen molar-refractivity contribution in [1.82, 2.24) is 0 Å². The lowest BCUT2D eigenvalue weighted by Crippen LogP contribution is -2.31. The summed E-state index contributed by atoms with van der Waals surface area (Å²) in [6.07, 6.45) is 1.09. The van der Waals surface area contributed by atoms with Crippen LogP contribution in [-0.4, -0.2) is 23.5 Å². The average Bonchev–Trinajstić information content (AvgIpc) is 3.12. The average molecular weight is 301 g/mol. The van der Waals surface area contributed by atoms with Crippen molar-refractivity contribution >= 4 is 28.9 Å². The Morgan fingerprint density at radius 3 is 2.81 bits per heavy atom.